The van der Waals surface area contributed by atoms with Gasteiger partial charge in [-0.25, -0.2) is 4.98 Å². The molecule has 18 heavy (non-hydrogen) atoms. The number of aryl methyl sites for hydroxylation is 1. The third-order valence-electron chi connectivity index (χ3n) is 2.00. The van der Waals surface area contributed by atoms with Crippen LogP contribution in [0.3, 0.4) is 0 Å². The van der Waals surface area contributed by atoms with E-state index in [2.05, 4.69) is 15.0 Å². The van der Waals surface area contributed by atoms with Crippen LogP contribution in [-0.2, 0) is 0 Å². The summed E-state index contributed by atoms with van der Waals surface area (Å²) in [4.78, 5) is 21.3. The molecule has 0 atom stereocenters. The SMILES string of the molecule is Cc1ccc(Oc2nc(Cl)ncc2[N+](=O)[O-])cn1. The summed E-state index contributed by atoms with van der Waals surface area (Å²) >= 11 is 5.57. The number of aromatic nitrogens is 3. The van der Waals surface area contributed by atoms with E-state index in [-0.39, 0.29) is 16.9 Å². The first-order chi connectivity index (χ1) is 8.56. The summed E-state index contributed by atoms with van der Waals surface area (Å²) in [6.45, 7) is 1.81. The number of halogens is 1. The predicted octanol–water partition coefficient (Wildman–Crippen LogP) is 2.53. The Bertz CT molecular complexity index is 588. The lowest BCUT2D eigenvalue weighted by atomic mass is 10.4. The molecule has 0 amide bonds. The molecule has 0 aliphatic rings. The quantitative estimate of drug-likeness (QED) is 0.482. The summed E-state index contributed by atoms with van der Waals surface area (Å²) in [6, 6.07) is 3.34. The molecule has 2 rings (SSSR count). The zero-order valence-corrected chi connectivity index (χ0v) is 9.96. The highest BCUT2D eigenvalue weighted by Gasteiger charge is 2.19. The van der Waals surface area contributed by atoms with Crippen LogP contribution in [0.25, 0.3) is 0 Å². The maximum absolute atomic E-state index is 10.8. The van der Waals surface area contributed by atoms with E-state index in [1.165, 1.54) is 6.20 Å². The Labute approximate surface area is 107 Å². The normalized spacial score (nSPS) is 10.1. The maximum Gasteiger partial charge on any atom is 0.349 e. The minimum absolute atomic E-state index is 0.129. The molecule has 0 bridgehead atoms. The second kappa shape index (κ2) is 4.92. The van der Waals surface area contributed by atoms with Crippen molar-refractivity contribution in [1.29, 1.82) is 0 Å². The molecule has 0 aliphatic heterocycles. The number of nitro groups is 1. The van der Waals surface area contributed by atoms with E-state index in [9.17, 15) is 10.1 Å². The van der Waals surface area contributed by atoms with E-state index in [0.717, 1.165) is 11.9 Å². The monoisotopic (exact) mass is 266 g/mol. The second-order valence-electron chi connectivity index (χ2n) is 3.32. The number of pyridine rings is 1. The molecule has 0 radical (unpaired) electrons. The lowest BCUT2D eigenvalue weighted by molar-refractivity contribution is -0.386. The van der Waals surface area contributed by atoms with Crippen molar-refractivity contribution in [1.82, 2.24) is 15.0 Å². The van der Waals surface area contributed by atoms with E-state index < -0.39 is 4.92 Å². The van der Waals surface area contributed by atoms with E-state index in [0.29, 0.717) is 5.75 Å². The van der Waals surface area contributed by atoms with Crippen molar-refractivity contribution in [2.75, 3.05) is 0 Å². The molecule has 0 saturated heterocycles. The lowest BCUT2D eigenvalue weighted by Gasteiger charge is -2.04. The Morgan fingerprint density at radius 2 is 2.11 bits per heavy atom. The van der Waals surface area contributed by atoms with Crippen molar-refractivity contribution >= 4 is 17.3 Å². The summed E-state index contributed by atoms with van der Waals surface area (Å²) in [5.41, 5.74) is 0.442. The standard InChI is InChI=1S/C10H7ClN4O3/c1-6-2-3-7(4-12-6)18-9-8(15(16)17)5-13-10(11)14-9/h2-5H,1H3. The summed E-state index contributed by atoms with van der Waals surface area (Å²) < 4.78 is 5.27. The summed E-state index contributed by atoms with van der Waals surface area (Å²) in [5, 5.41) is 10.6. The Balaban J connectivity index is 2.35. The maximum atomic E-state index is 10.8. The number of hydrogen-bond donors (Lipinski definition) is 0. The fraction of sp³-hybridized carbons (Fsp3) is 0.100. The van der Waals surface area contributed by atoms with Gasteiger partial charge in [-0.3, -0.25) is 15.1 Å². The largest absolute Gasteiger partial charge is 0.432 e. The average Bonchev–Trinajstić information content (AvgIpc) is 2.32. The highest BCUT2D eigenvalue weighted by atomic mass is 35.5. The molecule has 7 nitrogen and oxygen atoms in total. The molecule has 0 N–H and O–H groups in total. The fourth-order valence-corrected chi connectivity index (χ4v) is 1.29. The Morgan fingerprint density at radius 3 is 2.72 bits per heavy atom. The number of nitrogens with zero attached hydrogens (tertiary/aromatic N) is 4. The average molecular weight is 267 g/mol. The topological polar surface area (TPSA) is 91.0 Å². The van der Waals surface area contributed by atoms with Crippen molar-refractivity contribution in [2.45, 2.75) is 6.92 Å². The molecule has 0 aliphatic carbocycles. The third kappa shape index (κ3) is 2.69. The molecular weight excluding hydrogens is 260 g/mol. The lowest BCUT2D eigenvalue weighted by Crippen LogP contribution is -1.98. The Morgan fingerprint density at radius 1 is 1.33 bits per heavy atom. The molecule has 0 fully saturated rings. The van der Waals surface area contributed by atoms with Gasteiger partial charge in [0.1, 0.15) is 11.9 Å². The van der Waals surface area contributed by atoms with Crippen molar-refractivity contribution in [3.8, 4) is 11.6 Å². The highest BCUT2D eigenvalue weighted by molar-refractivity contribution is 6.28. The van der Waals surface area contributed by atoms with Gasteiger partial charge in [-0.05, 0) is 30.7 Å². The Kier molecular flexibility index (Phi) is 3.33. The van der Waals surface area contributed by atoms with E-state index in [1.54, 1.807) is 12.1 Å². The summed E-state index contributed by atoms with van der Waals surface area (Å²) in [6.07, 6.45) is 2.43. The van der Waals surface area contributed by atoms with E-state index in [4.69, 9.17) is 16.3 Å². The molecule has 92 valence electrons. The summed E-state index contributed by atoms with van der Waals surface area (Å²) in [5.74, 6) is 0.115. The van der Waals surface area contributed by atoms with Crippen molar-refractivity contribution in [3.63, 3.8) is 0 Å². The minimum Gasteiger partial charge on any atom is -0.432 e. The second-order valence-corrected chi connectivity index (χ2v) is 3.66. The van der Waals surface area contributed by atoms with Gasteiger partial charge in [0.05, 0.1) is 11.1 Å². The molecular formula is C10H7ClN4O3. The number of ether oxygens (including phenoxy) is 1. The molecule has 0 spiro atoms. The van der Waals surface area contributed by atoms with Gasteiger partial charge in [0, 0.05) is 5.69 Å². The summed E-state index contributed by atoms with van der Waals surface area (Å²) in [7, 11) is 0. The first kappa shape index (κ1) is 12.2. The van der Waals surface area contributed by atoms with Crippen LogP contribution in [0.5, 0.6) is 11.6 Å². The van der Waals surface area contributed by atoms with E-state index >= 15 is 0 Å². The fourth-order valence-electron chi connectivity index (χ4n) is 1.17. The molecule has 2 aromatic rings. The third-order valence-corrected chi connectivity index (χ3v) is 2.18. The van der Waals surface area contributed by atoms with E-state index in [1.807, 2.05) is 6.92 Å². The predicted molar refractivity (Wildman–Crippen MR) is 62.7 cm³/mol. The Hall–Kier alpha value is -2.28. The molecule has 2 heterocycles. The van der Waals surface area contributed by atoms with Crippen LogP contribution in [0, 0.1) is 17.0 Å². The number of hydrogen-bond acceptors (Lipinski definition) is 6. The van der Waals surface area contributed by atoms with Gasteiger partial charge in [0.2, 0.25) is 5.28 Å². The van der Waals surface area contributed by atoms with Crippen LogP contribution in [0.4, 0.5) is 5.69 Å². The molecule has 0 aromatic carbocycles. The molecule has 0 saturated carbocycles. The van der Waals surface area contributed by atoms with Crippen molar-refractivity contribution in [3.05, 3.63) is 45.6 Å². The van der Waals surface area contributed by atoms with Gasteiger partial charge >= 0.3 is 11.6 Å². The van der Waals surface area contributed by atoms with Gasteiger partial charge < -0.3 is 4.74 Å². The molecule has 8 heteroatoms. The van der Waals surface area contributed by atoms with Crippen LogP contribution in [-0.4, -0.2) is 19.9 Å². The first-order valence-corrected chi connectivity index (χ1v) is 5.21. The highest BCUT2D eigenvalue weighted by Crippen LogP contribution is 2.28. The van der Waals surface area contributed by atoms with Crippen LogP contribution >= 0.6 is 11.6 Å². The van der Waals surface area contributed by atoms with Gasteiger partial charge in [0.25, 0.3) is 0 Å². The molecule has 0 unspecified atom stereocenters. The van der Waals surface area contributed by atoms with Crippen LogP contribution < -0.4 is 4.74 Å². The van der Waals surface area contributed by atoms with Crippen LogP contribution in [0.15, 0.2) is 24.5 Å². The number of rotatable bonds is 3. The van der Waals surface area contributed by atoms with Crippen molar-refractivity contribution in [2.24, 2.45) is 0 Å². The zero-order valence-electron chi connectivity index (χ0n) is 9.20. The first-order valence-electron chi connectivity index (χ1n) is 4.83. The molecule has 2 aromatic heterocycles. The van der Waals surface area contributed by atoms with Gasteiger partial charge in [-0.1, -0.05) is 0 Å². The van der Waals surface area contributed by atoms with Crippen LogP contribution in [0.1, 0.15) is 5.69 Å². The smallest absolute Gasteiger partial charge is 0.349 e. The van der Waals surface area contributed by atoms with Gasteiger partial charge in [0.15, 0.2) is 0 Å². The van der Waals surface area contributed by atoms with Crippen molar-refractivity contribution < 1.29 is 9.66 Å². The van der Waals surface area contributed by atoms with Gasteiger partial charge in [-0.2, -0.15) is 4.98 Å². The van der Waals surface area contributed by atoms with Gasteiger partial charge in [-0.15, -0.1) is 0 Å². The zero-order chi connectivity index (χ0) is 13.1. The minimum atomic E-state index is -0.646. The van der Waals surface area contributed by atoms with Crippen LogP contribution in [0.2, 0.25) is 5.28 Å².